The normalized spacial score (nSPS) is 48.3. The van der Waals surface area contributed by atoms with E-state index < -0.39 is 46.5 Å². The summed E-state index contributed by atoms with van der Waals surface area (Å²) in [6, 6.07) is 0. The van der Waals surface area contributed by atoms with Gasteiger partial charge in [0.1, 0.15) is 0 Å². The number of aliphatic hydroxyl groups is 3. The van der Waals surface area contributed by atoms with E-state index >= 15 is 0 Å². The first-order valence-electron chi connectivity index (χ1n) is 10.1. The SMILES string of the molecule is CC1CCC2(O)CC3C(C)C(O)CC(O)C3(C)C(=O)/C(OC(=O)O)=C/1C2(C)C. The zero-order valence-electron chi connectivity index (χ0n) is 17.2. The van der Waals surface area contributed by atoms with Crippen molar-refractivity contribution in [1.29, 1.82) is 0 Å². The fraction of sp³-hybridized carbons (Fsp3) is 0.810. The van der Waals surface area contributed by atoms with Gasteiger partial charge in [0, 0.05) is 11.8 Å². The molecule has 0 spiro atoms. The van der Waals surface area contributed by atoms with E-state index in [0.29, 0.717) is 18.4 Å². The van der Waals surface area contributed by atoms with Gasteiger partial charge in [0.25, 0.3) is 0 Å². The van der Waals surface area contributed by atoms with Crippen LogP contribution in [-0.4, -0.2) is 50.2 Å². The van der Waals surface area contributed by atoms with E-state index in [1.807, 2.05) is 27.7 Å². The zero-order chi connectivity index (χ0) is 21.2. The molecule has 7 unspecified atom stereocenters. The van der Waals surface area contributed by atoms with Crippen LogP contribution in [0.1, 0.15) is 60.3 Å². The van der Waals surface area contributed by atoms with E-state index in [-0.39, 0.29) is 30.4 Å². The number of ketones is 1. The molecule has 0 radical (unpaired) electrons. The number of carbonyl (C=O) groups excluding carboxylic acids is 1. The Kier molecular flexibility index (Phi) is 4.97. The van der Waals surface area contributed by atoms with E-state index in [1.165, 1.54) is 0 Å². The monoisotopic (exact) mass is 396 g/mol. The zero-order valence-corrected chi connectivity index (χ0v) is 17.2. The van der Waals surface area contributed by atoms with E-state index in [2.05, 4.69) is 0 Å². The molecule has 28 heavy (non-hydrogen) atoms. The van der Waals surface area contributed by atoms with Crippen LogP contribution in [0.4, 0.5) is 4.79 Å². The van der Waals surface area contributed by atoms with Crippen LogP contribution in [0.5, 0.6) is 0 Å². The summed E-state index contributed by atoms with van der Waals surface area (Å²) in [4.78, 5) is 25.2. The number of rotatable bonds is 1. The van der Waals surface area contributed by atoms with Gasteiger partial charge in [-0.1, -0.05) is 27.7 Å². The average molecular weight is 396 g/mol. The fourth-order valence-corrected chi connectivity index (χ4v) is 6.03. The number of hydrogen-bond acceptors (Lipinski definition) is 6. The predicted octanol–water partition coefficient (Wildman–Crippen LogP) is 2.48. The molecular weight excluding hydrogens is 364 g/mol. The summed E-state index contributed by atoms with van der Waals surface area (Å²) in [5.41, 5.74) is -2.95. The molecule has 3 aliphatic carbocycles. The topological polar surface area (TPSA) is 124 Å². The molecule has 2 bridgehead atoms. The Bertz CT molecular complexity index is 726. The highest BCUT2D eigenvalue weighted by Crippen LogP contribution is 2.60. The Balaban J connectivity index is 2.33. The first-order valence-corrected chi connectivity index (χ1v) is 10.1. The molecule has 2 fully saturated rings. The molecule has 7 heteroatoms. The molecule has 0 heterocycles. The highest BCUT2D eigenvalue weighted by Gasteiger charge is 2.63. The number of allylic oxidation sites excluding steroid dienone is 1. The van der Waals surface area contributed by atoms with Gasteiger partial charge < -0.3 is 25.2 Å². The second kappa shape index (κ2) is 6.54. The van der Waals surface area contributed by atoms with Crippen LogP contribution in [0.2, 0.25) is 0 Å². The highest BCUT2D eigenvalue weighted by molar-refractivity contribution is 6.01. The molecule has 7 atom stereocenters. The van der Waals surface area contributed by atoms with Crippen LogP contribution in [0.15, 0.2) is 11.3 Å². The number of aliphatic hydroxyl groups excluding tert-OH is 2. The second-order valence-corrected chi connectivity index (χ2v) is 9.81. The lowest BCUT2D eigenvalue weighted by atomic mass is 9.48. The minimum absolute atomic E-state index is 0.0208. The van der Waals surface area contributed by atoms with E-state index in [0.717, 1.165) is 0 Å². The Morgan fingerprint density at radius 1 is 1.18 bits per heavy atom. The molecule has 0 aromatic carbocycles. The minimum Gasteiger partial charge on any atom is -0.449 e. The van der Waals surface area contributed by atoms with E-state index in [4.69, 9.17) is 4.74 Å². The largest absolute Gasteiger partial charge is 0.511 e. The van der Waals surface area contributed by atoms with Crippen molar-refractivity contribution in [3.8, 4) is 0 Å². The molecular formula is C21H32O7. The second-order valence-electron chi connectivity index (χ2n) is 9.81. The van der Waals surface area contributed by atoms with Gasteiger partial charge in [0.05, 0.1) is 23.2 Å². The van der Waals surface area contributed by atoms with Crippen molar-refractivity contribution in [3.05, 3.63) is 11.3 Å². The summed E-state index contributed by atoms with van der Waals surface area (Å²) in [7, 11) is 0. The van der Waals surface area contributed by atoms with E-state index in [1.54, 1.807) is 6.92 Å². The molecule has 3 rings (SSSR count). The van der Waals surface area contributed by atoms with Crippen molar-refractivity contribution in [2.24, 2.45) is 28.6 Å². The van der Waals surface area contributed by atoms with Crippen LogP contribution < -0.4 is 0 Å². The Labute approximate surface area is 165 Å². The third-order valence-corrected chi connectivity index (χ3v) is 8.18. The summed E-state index contributed by atoms with van der Waals surface area (Å²) >= 11 is 0. The van der Waals surface area contributed by atoms with Crippen LogP contribution in [0.25, 0.3) is 0 Å². The summed E-state index contributed by atoms with van der Waals surface area (Å²) < 4.78 is 5.06. The summed E-state index contributed by atoms with van der Waals surface area (Å²) in [5.74, 6) is -1.82. The van der Waals surface area contributed by atoms with Gasteiger partial charge in [-0.05, 0) is 49.5 Å². The molecule has 0 aliphatic heterocycles. The van der Waals surface area contributed by atoms with Crippen LogP contribution >= 0.6 is 0 Å². The maximum Gasteiger partial charge on any atom is 0.511 e. The van der Waals surface area contributed by atoms with Gasteiger partial charge in [0.2, 0.25) is 5.78 Å². The average Bonchev–Trinajstić information content (AvgIpc) is 2.58. The predicted molar refractivity (Wildman–Crippen MR) is 100 cm³/mol. The molecule has 0 aromatic heterocycles. The molecule has 0 aromatic rings. The maximum absolute atomic E-state index is 13.7. The lowest BCUT2D eigenvalue weighted by Gasteiger charge is -2.58. The van der Waals surface area contributed by atoms with Crippen molar-refractivity contribution >= 4 is 11.9 Å². The number of hydrogen-bond donors (Lipinski definition) is 4. The molecule has 2 saturated carbocycles. The standard InChI is InChI=1S/C21H32O7/c1-10-6-7-21(27)9-12-11(2)13(22)8-14(23)20(12,5)17(24)16(28-18(25)26)15(10)19(21,3)4/h10-14,22-23,27H,6-9H2,1-5H3,(H,25,26)/b16-15+. The number of fused-ring (bicyclic) bond motifs is 3. The fourth-order valence-electron chi connectivity index (χ4n) is 6.03. The Morgan fingerprint density at radius 3 is 2.36 bits per heavy atom. The third kappa shape index (κ3) is 2.74. The van der Waals surface area contributed by atoms with Crippen molar-refractivity contribution in [2.75, 3.05) is 0 Å². The number of carbonyl (C=O) groups is 2. The van der Waals surface area contributed by atoms with E-state index in [9.17, 15) is 30.0 Å². The maximum atomic E-state index is 13.7. The minimum atomic E-state index is -1.59. The lowest BCUT2D eigenvalue weighted by molar-refractivity contribution is -0.180. The quantitative estimate of drug-likeness (QED) is 0.502. The smallest absolute Gasteiger partial charge is 0.449 e. The van der Waals surface area contributed by atoms with Gasteiger partial charge in [0.15, 0.2) is 5.76 Å². The first-order chi connectivity index (χ1) is 12.8. The van der Waals surface area contributed by atoms with Crippen LogP contribution in [0, 0.1) is 28.6 Å². The lowest BCUT2D eigenvalue weighted by Crippen LogP contribution is -2.63. The van der Waals surface area contributed by atoms with Gasteiger partial charge in [-0.25, -0.2) is 4.79 Å². The van der Waals surface area contributed by atoms with Crippen molar-refractivity contribution in [2.45, 2.75) is 78.1 Å². The number of ether oxygens (including phenoxy) is 1. The van der Waals surface area contributed by atoms with Gasteiger partial charge in [-0.15, -0.1) is 0 Å². The molecule has 3 aliphatic rings. The van der Waals surface area contributed by atoms with Crippen molar-refractivity contribution in [3.63, 3.8) is 0 Å². The summed E-state index contributed by atoms with van der Waals surface area (Å²) in [6.45, 7) is 8.97. The summed E-state index contributed by atoms with van der Waals surface area (Å²) in [5, 5.41) is 42.4. The number of carboxylic acid groups (broad SMARTS) is 1. The summed E-state index contributed by atoms with van der Waals surface area (Å²) in [6.07, 6.45) is -2.21. The van der Waals surface area contributed by atoms with Gasteiger partial charge in [-0.3, -0.25) is 4.79 Å². The van der Waals surface area contributed by atoms with Crippen molar-refractivity contribution in [1.82, 2.24) is 0 Å². The van der Waals surface area contributed by atoms with Gasteiger partial charge >= 0.3 is 6.16 Å². The van der Waals surface area contributed by atoms with Crippen LogP contribution in [-0.2, 0) is 9.53 Å². The molecule has 7 nitrogen and oxygen atoms in total. The molecule has 0 amide bonds. The van der Waals surface area contributed by atoms with Crippen molar-refractivity contribution < 1.29 is 34.8 Å². The molecule has 4 N–H and O–H groups in total. The first kappa shape index (κ1) is 21.3. The van der Waals surface area contributed by atoms with Gasteiger partial charge in [-0.2, -0.15) is 0 Å². The number of Topliss-reactive ketones (excluding diaryl/α,β-unsaturated/α-hetero) is 1. The Morgan fingerprint density at radius 2 is 1.79 bits per heavy atom. The third-order valence-electron chi connectivity index (χ3n) is 8.18. The molecule has 0 saturated heterocycles. The molecule has 158 valence electrons. The Hall–Kier alpha value is -1.44. The highest BCUT2D eigenvalue weighted by atomic mass is 16.7. The van der Waals surface area contributed by atoms with Crippen LogP contribution in [0.3, 0.4) is 0 Å².